The molecule has 0 saturated carbocycles. The highest BCUT2D eigenvalue weighted by Crippen LogP contribution is 2.10. The first kappa shape index (κ1) is 11.6. The number of carbonyl (C=O) groups excluding carboxylic acids is 2. The molecule has 1 aromatic carbocycles. The van der Waals surface area contributed by atoms with E-state index in [0.717, 1.165) is 12.0 Å². The van der Waals surface area contributed by atoms with Gasteiger partial charge in [-0.3, -0.25) is 9.59 Å². The van der Waals surface area contributed by atoms with Gasteiger partial charge in [-0.15, -0.1) is 0 Å². The summed E-state index contributed by atoms with van der Waals surface area (Å²) in [6, 6.07) is 7.58. The Morgan fingerprint density at radius 2 is 2.29 bits per heavy atom. The highest BCUT2D eigenvalue weighted by molar-refractivity contribution is 5.97. The number of nitrogens with zero attached hydrogens (tertiary/aromatic N) is 1. The van der Waals surface area contributed by atoms with Gasteiger partial charge in [0.1, 0.15) is 0 Å². The third kappa shape index (κ3) is 2.64. The Labute approximate surface area is 101 Å². The predicted octanol–water partition coefficient (Wildman–Crippen LogP) is 0.821. The van der Waals surface area contributed by atoms with Crippen LogP contribution in [0.3, 0.4) is 0 Å². The van der Waals surface area contributed by atoms with Crippen molar-refractivity contribution in [3.8, 4) is 0 Å². The molecule has 1 fully saturated rings. The average Bonchev–Trinajstić information content (AvgIpc) is 2.38. The molecule has 4 nitrogen and oxygen atoms in total. The van der Waals surface area contributed by atoms with E-state index in [1.807, 2.05) is 18.2 Å². The minimum atomic E-state index is -0.0868. The van der Waals surface area contributed by atoms with Gasteiger partial charge in [0.05, 0.1) is 6.54 Å². The molecule has 0 spiro atoms. The van der Waals surface area contributed by atoms with E-state index in [-0.39, 0.29) is 18.4 Å². The van der Waals surface area contributed by atoms with Crippen LogP contribution in [-0.2, 0) is 11.2 Å². The minimum Gasteiger partial charge on any atom is -0.353 e. The topological polar surface area (TPSA) is 49.4 Å². The van der Waals surface area contributed by atoms with Crippen molar-refractivity contribution in [1.29, 1.82) is 0 Å². The average molecular weight is 232 g/mol. The fraction of sp³-hybridized carbons (Fsp3) is 0.385. The Hall–Kier alpha value is -1.84. The molecule has 0 radical (unpaired) electrons. The summed E-state index contributed by atoms with van der Waals surface area (Å²) < 4.78 is 0. The van der Waals surface area contributed by atoms with Crippen LogP contribution in [0.1, 0.15) is 22.8 Å². The highest BCUT2D eigenvalue weighted by Gasteiger charge is 2.22. The molecule has 2 amide bonds. The van der Waals surface area contributed by atoms with Crippen molar-refractivity contribution in [3.05, 3.63) is 35.4 Å². The molecule has 0 aliphatic carbocycles. The van der Waals surface area contributed by atoms with Crippen molar-refractivity contribution in [1.82, 2.24) is 10.2 Å². The SMILES string of the molecule is CCc1cccc(C(=O)N2CCNC(=O)C2)c1. The van der Waals surface area contributed by atoms with Crippen LogP contribution in [0.25, 0.3) is 0 Å². The zero-order valence-corrected chi connectivity index (χ0v) is 9.90. The number of hydrogen-bond donors (Lipinski definition) is 1. The number of piperazine rings is 1. The molecule has 4 heteroatoms. The van der Waals surface area contributed by atoms with Crippen LogP contribution in [0, 0.1) is 0 Å². The Balaban J connectivity index is 2.15. The molecular weight excluding hydrogens is 216 g/mol. The molecule has 90 valence electrons. The van der Waals surface area contributed by atoms with Crippen LogP contribution in [0.5, 0.6) is 0 Å². The van der Waals surface area contributed by atoms with Gasteiger partial charge in [-0.1, -0.05) is 19.1 Å². The summed E-state index contributed by atoms with van der Waals surface area (Å²) in [7, 11) is 0. The number of hydrogen-bond acceptors (Lipinski definition) is 2. The van der Waals surface area contributed by atoms with Crippen molar-refractivity contribution in [2.75, 3.05) is 19.6 Å². The first-order valence-corrected chi connectivity index (χ1v) is 5.85. The van der Waals surface area contributed by atoms with E-state index >= 15 is 0 Å². The maximum atomic E-state index is 12.2. The van der Waals surface area contributed by atoms with E-state index in [1.54, 1.807) is 11.0 Å². The van der Waals surface area contributed by atoms with Crippen LogP contribution in [-0.4, -0.2) is 36.3 Å². The zero-order valence-electron chi connectivity index (χ0n) is 9.90. The van der Waals surface area contributed by atoms with Gasteiger partial charge < -0.3 is 10.2 Å². The van der Waals surface area contributed by atoms with Crippen LogP contribution >= 0.6 is 0 Å². The Bertz CT molecular complexity index is 443. The van der Waals surface area contributed by atoms with Crippen molar-refractivity contribution in [2.24, 2.45) is 0 Å². The van der Waals surface area contributed by atoms with Crippen molar-refractivity contribution >= 4 is 11.8 Å². The van der Waals surface area contributed by atoms with Gasteiger partial charge in [-0.25, -0.2) is 0 Å². The molecule has 0 aromatic heterocycles. The zero-order chi connectivity index (χ0) is 12.3. The quantitative estimate of drug-likeness (QED) is 0.820. The fourth-order valence-electron chi connectivity index (χ4n) is 1.92. The number of carbonyl (C=O) groups is 2. The highest BCUT2D eigenvalue weighted by atomic mass is 16.2. The monoisotopic (exact) mass is 232 g/mol. The molecule has 1 saturated heterocycles. The molecule has 0 bridgehead atoms. The van der Waals surface area contributed by atoms with E-state index in [0.29, 0.717) is 18.7 Å². The summed E-state index contributed by atoms with van der Waals surface area (Å²) in [5.74, 6) is -0.147. The van der Waals surface area contributed by atoms with Crippen LogP contribution in [0.2, 0.25) is 0 Å². The second kappa shape index (κ2) is 4.99. The summed E-state index contributed by atoms with van der Waals surface area (Å²) in [5.41, 5.74) is 1.80. The van der Waals surface area contributed by atoms with Crippen LogP contribution < -0.4 is 5.32 Å². The third-order valence-corrected chi connectivity index (χ3v) is 2.91. The number of benzene rings is 1. The first-order valence-electron chi connectivity index (χ1n) is 5.85. The number of nitrogens with one attached hydrogen (secondary N) is 1. The normalized spacial score (nSPS) is 15.6. The number of rotatable bonds is 2. The molecule has 1 aliphatic heterocycles. The maximum Gasteiger partial charge on any atom is 0.254 e. The van der Waals surface area contributed by atoms with Gasteiger partial charge in [-0.2, -0.15) is 0 Å². The van der Waals surface area contributed by atoms with Crippen molar-refractivity contribution < 1.29 is 9.59 Å². The van der Waals surface area contributed by atoms with E-state index in [4.69, 9.17) is 0 Å². The minimum absolute atomic E-state index is 0.0600. The van der Waals surface area contributed by atoms with Crippen molar-refractivity contribution in [3.63, 3.8) is 0 Å². The number of aryl methyl sites for hydroxylation is 1. The van der Waals surface area contributed by atoms with E-state index in [1.165, 1.54) is 0 Å². The van der Waals surface area contributed by atoms with E-state index in [9.17, 15) is 9.59 Å². The molecule has 1 N–H and O–H groups in total. The molecule has 1 heterocycles. The van der Waals surface area contributed by atoms with E-state index < -0.39 is 0 Å². The van der Waals surface area contributed by atoms with Crippen LogP contribution in [0.4, 0.5) is 0 Å². The molecule has 1 aromatic rings. The van der Waals surface area contributed by atoms with Crippen LogP contribution in [0.15, 0.2) is 24.3 Å². The molecule has 17 heavy (non-hydrogen) atoms. The molecule has 0 atom stereocenters. The number of amides is 2. The molecular formula is C13H16N2O2. The molecule has 2 rings (SSSR count). The predicted molar refractivity (Wildman–Crippen MR) is 64.7 cm³/mol. The van der Waals surface area contributed by atoms with Gasteiger partial charge in [0, 0.05) is 18.7 Å². The standard InChI is InChI=1S/C13H16N2O2/c1-2-10-4-3-5-11(8-10)13(17)15-7-6-14-12(16)9-15/h3-5,8H,2,6-7,9H2,1H3,(H,14,16). The second-order valence-electron chi connectivity index (χ2n) is 4.13. The summed E-state index contributed by atoms with van der Waals surface area (Å²) in [5, 5.41) is 2.71. The largest absolute Gasteiger partial charge is 0.353 e. The lowest BCUT2D eigenvalue weighted by Gasteiger charge is -2.26. The lowest BCUT2D eigenvalue weighted by molar-refractivity contribution is -0.123. The Morgan fingerprint density at radius 3 is 3.00 bits per heavy atom. The summed E-state index contributed by atoms with van der Waals surface area (Å²) in [6.07, 6.45) is 0.904. The second-order valence-corrected chi connectivity index (χ2v) is 4.13. The lowest BCUT2D eigenvalue weighted by atomic mass is 10.1. The molecule has 0 unspecified atom stereocenters. The molecule has 1 aliphatic rings. The fourth-order valence-corrected chi connectivity index (χ4v) is 1.92. The van der Waals surface area contributed by atoms with Gasteiger partial charge in [0.25, 0.3) is 5.91 Å². The van der Waals surface area contributed by atoms with Gasteiger partial charge >= 0.3 is 0 Å². The Morgan fingerprint density at radius 1 is 1.47 bits per heavy atom. The first-order chi connectivity index (χ1) is 8.20. The smallest absolute Gasteiger partial charge is 0.254 e. The Kier molecular flexibility index (Phi) is 3.42. The summed E-state index contributed by atoms with van der Waals surface area (Å²) >= 11 is 0. The van der Waals surface area contributed by atoms with Gasteiger partial charge in [0.2, 0.25) is 5.91 Å². The third-order valence-electron chi connectivity index (χ3n) is 2.91. The summed E-state index contributed by atoms with van der Waals surface area (Å²) in [6.45, 7) is 3.34. The van der Waals surface area contributed by atoms with Crippen molar-refractivity contribution in [2.45, 2.75) is 13.3 Å². The lowest BCUT2D eigenvalue weighted by Crippen LogP contribution is -2.49. The van der Waals surface area contributed by atoms with Gasteiger partial charge in [-0.05, 0) is 24.1 Å². The maximum absolute atomic E-state index is 12.2. The van der Waals surface area contributed by atoms with Gasteiger partial charge in [0.15, 0.2) is 0 Å². The van der Waals surface area contributed by atoms with E-state index in [2.05, 4.69) is 12.2 Å². The summed E-state index contributed by atoms with van der Waals surface area (Å²) in [4.78, 5) is 25.0.